The van der Waals surface area contributed by atoms with Crippen molar-refractivity contribution in [2.24, 2.45) is 0 Å². The molecule has 0 amide bonds. The van der Waals surface area contributed by atoms with Crippen molar-refractivity contribution in [1.29, 1.82) is 0 Å². The molecule has 0 N–H and O–H groups in total. The van der Waals surface area contributed by atoms with E-state index in [1.54, 1.807) is 24.3 Å². The fraction of sp³-hybridized carbons (Fsp3) is 0. The summed E-state index contributed by atoms with van der Waals surface area (Å²) in [6.45, 7) is 3.31. The van der Waals surface area contributed by atoms with Gasteiger partial charge in [0.2, 0.25) is 11.1 Å². The SMILES string of the molecule is C=COS(=O)c1ccccc1.[K]. The predicted molar refractivity (Wildman–Crippen MR) is 49.9 cm³/mol. The zero-order valence-electron chi connectivity index (χ0n) is 6.90. The molecule has 0 aliphatic heterocycles. The topological polar surface area (TPSA) is 26.3 Å². The normalized spacial score (nSPS) is 11.0. The average molecular weight is 207 g/mol. The molecule has 59 valence electrons. The van der Waals surface area contributed by atoms with Crippen LogP contribution in [-0.4, -0.2) is 55.6 Å². The zero-order chi connectivity index (χ0) is 8.10. The van der Waals surface area contributed by atoms with Crippen molar-refractivity contribution in [3.8, 4) is 0 Å². The van der Waals surface area contributed by atoms with Crippen LogP contribution in [0.5, 0.6) is 0 Å². The Balaban J connectivity index is 0.00000121. The monoisotopic (exact) mass is 207 g/mol. The molecule has 0 spiro atoms. The van der Waals surface area contributed by atoms with Crippen molar-refractivity contribution in [2.75, 3.05) is 0 Å². The first-order chi connectivity index (χ1) is 5.34. The minimum atomic E-state index is -1.40. The van der Waals surface area contributed by atoms with Crippen LogP contribution in [0.1, 0.15) is 0 Å². The van der Waals surface area contributed by atoms with Crippen LogP contribution in [0.4, 0.5) is 0 Å². The molecule has 1 unspecified atom stereocenters. The van der Waals surface area contributed by atoms with Crippen LogP contribution < -0.4 is 0 Å². The summed E-state index contributed by atoms with van der Waals surface area (Å²) in [6, 6.07) is 8.94. The molecule has 1 aromatic carbocycles. The van der Waals surface area contributed by atoms with Crippen LogP contribution in [0.2, 0.25) is 0 Å². The molecule has 0 saturated heterocycles. The Kier molecular flexibility index (Phi) is 7.32. The van der Waals surface area contributed by atoms with Gasteiger partial charge in [-0.3, -0.25) is 0 Å². The predicted octanol–water partition coefficient (Wildman–Crippen LogP) is 1.49. The Labute approximate surface area is 117 Å². The molecule has 4 heteroatoms. The minimum Gasteiger partial charge on any atom is -0.406 e. The third-order valence-corrected chi connectivity index (χ3v) is 2.06. The van der Waals surface area contributed by atoms with Crippen LogP contribution in [0.3, 0.4) is 0 Å². The van der Waals surface area contributed by atoms with E-state index in [-0.39, 0.29) is 51.4 Å². The van der Waals surface area contributed by atoms with Crippen molar-refractivity contribution < 1.29 is 8.39 Å². The van der Waals surface area contributed by atoms with Gasteiger partial charge in [0.05, 0.1) is 11.2 Å². The molecule has 1 aromatic rings. The molecule has 1 atom stereocenters. The first-order valence-electron chi connectivity index (χ1n) is 3.09. The van der Waals surface area contributed by atoms with Gasteiger partial charge in [-0.2, -0.15) is 0 Å². The summed E-state index contributed by atoms with van der Waals surface area (Å²) in [5.41, 5.74) is 0. The second-order valence-corrected chi connectivity index (χ2v) is 2.94. The van der Waals surface area contributed by atoms with Gasteiger partial charge in [-0.25, -0.2) is 4.21 Å². The molecule has 1 rings (SSSR count). The summed E-state index contributed by atoms with van der Waals surface area (Å²) >= 11 is -1.40. The standard InChI is InChI=1S/C8H8O2S.K/c1-2-10-11(9)8-6-4-3-5-7-8;/h2-7H,1H2;. The van der Waals surface area contributed by atoms with Crippen molar-refractivity contribution in [3.63, 3.8) is 0 Å². The molecule has 1 radical (unpaired) electrons. The third kappa shape index (κ3) is 3.98. The van der Waals surface area contributed by atoms with E-state index < -0.39 is 11.1 Å². The summed E-state index contributed by atoms with van der Waals surface area (Å²) in [4.78, 5) is 0.646. The molecule has 0 aliphatic rings. The smallest absolute Gasteiger partial charge is 0.240 e. The van der Waals surface area contributed by atoms with Crippen molar-refractivity contribution in [1.82, 2.24) is 0 Å². The van der Waals surface area contributed by atoms with E-state index in [2.05, 4.69) is 10.8 Å². The maximum atomic E-state index is 11.1. The quantitative estimate of drug-likeness (QED) is 0.554. The maximum absolute atomic E-state index is 11.1. The van der Waals surface area contributed by atoms with Gasteiger partial charge < -0.3 is 4.18 Å². The van der Waals surface area contributed by atoms with Crippen LogP contribution in [0.15, 0.2) is 48.1 Å². The van der Waals surface area contributed by atoms with E-state index in [0.717, 1.165) is 0 Å². The van der Waals surface area contributed by atoms with Gasteiger partial charge in [0.15, 0.2) is 0 Å². The summed E-state index contributed by atoms with van der Waals surface area (Å²) < 4.78 is 15.7. The van der Waals surface area contributed by atoms with Gasteiger partial charge >= 0.3 is 0 Å². The van der Waals surface area contributed by atoms with Gasteiger partial charge in [-0.15, -0.1) is 0 Å². The molecule has 0 aliphatic carbocycles. The molecular formula is C8H8KO2S. The van der Waals surface area contributed by atoms with Crippen LogP contribution in [-0.2, 0) is 15.3 Å². The van der Waals surface area contributed by atoms with Crippen molar-refractivity contribution in [3.05, 3.63) is 43.2 Å². The molecule has 0 heterocycles. The molecular weight excluding hydrogens is 199 g/mol. The van der Waals surface area contributed by atoms with Gasteiger partial charge in [0.25, 0.3) is 0 Å². The largest absolute Gasteiger partial charge is 0.406 e. The Morgan fingerprint density at radius 2 is 1.92 bits per heavy atom. The van der Waals surface area contributed by atoms with E-state index >= 15 is 0 Å². The second kappa shape index (κ2) is 7.00. The molecule has 0 fully saturated rings. The van der Waals surface area contributed by atoms with Crippen LogP contribution in [0.25, 0.3) is 0 Å². The summed E-state index contributed by atoms with van der Waals surface area (Å²) in [6.07, 6.45) is 1.17. The zero-order valence-corrected chi connectivity index (χ0v) is 10.8. The Hall–Kier alpha value is 0.546. The van der Waals surface area contributed by atoms with E-state index in [4.69, 9.17) is 0 Å². The van der Waals surface area contributed by atoms with Crippen molar-refractivity contribution >= 4 is 62.5 Å². The molecule has 2 nitrogen and oxygen atoms in total. The van der Waals surface area contributed by atoms with Gasteiger partial charge in [-0.1, -0.05) is 24.8 Å². The van der Waals surface area contributed by atoms with E-state index in [9.17, 15) is 4.21 Å². The van der Waals surface area contributed by atoms with Gasteiger partial charge in [-0.05, 0) is 12.1 Å². The molecule has 0 saturated carbocycles. The summed E-state index contributed by atoms with van der Waals surface area (Å²) in [5, 5.41) is 0. The molecule has 12 heavy (non-hydrogen) atoms. The Morgan fingerprint density at radius 1 is 1.33 bits per heavy atom. The summed E-state index contributed by atoms with van der Waals surface area (Å²) in [7, 11) is 0. The van der Waals surface area contributed by atoms with Crippen LogP contribution >= 0.6 is 0 Å². The second-order valence-electron chi connectivity index (χ2n) is 1.81. The number of rotatable bonds is 3. The Bertz CT molecular complexity index is 261. The van der Waals surface area contributed by atoms with Gasteiger partial charge in [0.1, 0.15) is 0 Å². The molecule has 0 bridgehead atoms. The number of hydrogen-bond acceptors (Lipinski definition) is 2. The summed E-state index contributed by atoms with van der Waals surface area (Å²) in [5.74, 6) is 0. The first kappa shape index (κ1) is 12.5. The third-order valence-electron chi connectivity index (χ3n) is 1.09. The minimum absolute atomic E-state index is 0. The van der Waals surface area contributed by atoms with E-state index in [1.165, 1.54) is 6.26 Å². The maximum Gasteiger partial charge on any atom is 0.240 e. The number of hydrogen-bond donors (Lipinski definition) is 0. The van der Waals surface area contributed by atoms with Crippen LogP contribution in [0, 0.1) is 0 Å². The van der Waals surface area contributed by atoms with Crippen molar-refractivity contribution in [2.45, 2.75) is 4.90 Å². The number of benzene rings is 1. The Morgan fingerprint density at radius 3 is 2.42 bits per heavy atom. The fourth-order valence-corrected chi connectivity index (χ4v) is 1.26. The van der Waals surface area contributed by atoms with E-state index in [1.807, 2.05) is 6.07 Å². The van der Waals surface area contributed by atoms with Gasteiger partial charge in [0, 0.05) is 51.4 Å². The molecule has 0 aromatic heterocycles. The first-order valence-corrected chi connectivity index (χ1v) is 4.17. The van der Waals surface area contributed by atoms with E-state index in [0.29, 0.717) is 4.90 Å². The average Bonchev–Trinajstić information content (AvgIpc) is 2.07. The fourth-order valence-electron chi connectivity index (χ4n) is 0.649.